The largest absolute Gasteiger partial charge is 0.459 e. The molecule has 0 bridgehead atoms. The van der Waals surface area contributed by atoms with Crippen molar-refractivity contribution in [2.45, 2.75) is 84.8 Å². The van der Waals surface area contributed by atoms with Crippen LogP contribution < -0.4 is 4.74 Å². The summed E-state index contributed by atoms with van der Waals surface area (Å²) < 4.78 is 12.8. The van der Waals surface area contributed by atoms with E-state index in [1.54, 1.807) is 0 Å². The van der Waals surface area contributed by atoms with Crippen molar-refractivity contribution in [2.24, 2.45) is 5.92 Å². The molecular weight excluding hydrogens is 636 g/mol. The number of benzene rings is 2. The second kappa shape index (κ2) is 13.8. The van der Waals surface area contributed by atoms with Gasteiger partial charge in [-0.05, 0) is 108 Å². The molecule has 4 aromatic rings. The first kappa shape index (κ1) is 32.2. The summed E-state index contributed by atoms with van der Waals surface area (Å²) in [6.45, 7) is 9.95. The Morgan fingerprint density at radius 3 is 2.34 bits per heavy atom. The van der Waals surface area contributed by atoms with Crippen LogP contribution in [0.25, 0.3) is 10.8 Å². The number of esters is 1. The van der Waals surface area contributed by atoms with Gasteiger partial charge in [0, 0.05) is 16.0 Å². The van der Waals surface area contributed by atoms with Gasteiger partial charge in [0.15, 0.2) is 0 Å². The monoisotopic (exact) mass is 676 g/mol. The maximum atomic E-state index is 14.1. The predicted octanol–water partition coefficient (Wildman–Crippen LogP) is 9.69. The van der Waals surface area contributed by atoms with Gasteiger partial charge >= 0.3 is 5.97 Å². The van der Waals surface area contributed by atoms with Crippen molar-refractivity contribution in [1.29, 1.82) is 0 Å². The lowest BCUT2D eigenvalue weighted by molar-refractivity contribution is -0.155. The van der Waals surface area contributed by atoms with Gasteiger partial charge in [0.2, 0.25) is 0 Å². The molecule has 0 unspecified atom stereocenters. The number of thiophene rings is 1. The fourth-order valence-corrected chi connectivity index (χ4v) is 7.18. The third-order valence-corrected chi connectivity index (χ3v) is 9.45. The minimum Gasteiger partial charge on any atom is -0.459 e. The molecule has 2 aromatic carbocycles. The van der Waals surface area contributed by atoms with Gasteiger partial charge in [0.05, 0.1) is 10.3 Å². The van der Waals surface area contributed by atoms with Crippen molar-refractivity contribution < 1.29 is 19.1 Å². The normalized spacial score (nSPS) is 13.9. The van der Waals surface area contributed by atoms with E-state index in [2.05, 4.69) is 41.9 Å². The maximum absolute atomic E-state index is 14.1. The lowest BCUT2D eigenvalue weighted by Gasteiger charge is -2.25. The van der Waals surface area contributed by atoms with Crippen LogP contribution in [0.15, 0.2) is 64.5 Å². The number of hydrogen-bond acceptors (Lipinski definition) is 6. The number of halogens is 1. The van der Waals surface area contributed by atoms with E-state index in [-0.39, 0.29) is 19.0 Å². The molecule has 2 heterocycles. The summed E-state index contributed by atoms with van der Waals surface area (Å²) in [4.78, 5) is 34.5. The number of carbonyl (C=O) groups excluding carboxylic acids is 2. The minimum atomic E-state index is -0.649. The molecule has 1 aliphatic rings. The summed E-state index contributed by atoms with van der Waals surface area (Å²) >= 11 is 5.05. The highest BCUT2D eigenvalue weighted by atomic mass is 79.9. The molecule has 2 aromatic heterocycles. The second-order valence-electron chi connectivity index (χ2n) is 13.0. The van der Waals surface area contributed by atoms with Gasteiger partial charge in [-0.15, -0.1) is 11.3 Å². The zero-order valence-corrected chi connectivity index (χ0v) is 28.6. The van der Waals surface area contributed by atoms with Gasteiger partial charge in [0.1, 0.15) is 29.3 Å². The zero-order valence-electron chi connectivity index (χ0n) is 26.2. The van der Waals surface area contributed by atoms with E-state index in [0.29, 0.717) is 17.5 Å². The van der Waals surface area contributed by atoms with Crippen LogP contribution in [0.2, 0.25) is 0 Å². The van der Waals surface area contributed by atoms with E-state index >= 15 is 0 Å². The molecule has 1 amide bonds. The van der Waals surface area contributed by atoms with Crippen LogP contribution in [-0.4, -0.2) is 33.9 Å². The third kappa shape index (κ3) is 8.48. The van der Waals surface area contributed by atoms with E-state index < -0.39 is 11.6 Å². The van der Waals surface area contributed by atoms with Crippen LogP contribution in [0.1, 0.15) is 92.8 Å². The van der Waals surface area contributed by atoms with Crippen molar-refractivity contribution >= 4 is 49.9 Å². The lowest BCUT2D eigenvalue weighted by atomic mass is 9.97. The van der Waals surface area contributed by atoms with Gasteiger partial charge in [0.25, 0.3) is 5.91 Å². The van der Waals surface area contributed by atoms with Gasteiger partial charge < -0.3 is 14.4 Å². The molecule has 1 saturated carbocycles. The van der Waals surface area contributed by atoms with E-state index in [1.807, 2.05) is 69.3 Å². The average molecular weight is 678 g/mol. The molecule has 0 aliphatic heterocycles. The molecular formula is C36H41BrN2O4S. The van der Waals surface area contributed by atoms with Gasteiger partial charge in [-0.2, -0.15) is 0 Å². The minimum absolute atomic E-state index is 0.161. The van der Waals surface area contributed by atoms with Crippen molar-refractivity contribution in [3.8, 4) is 11.5 Å². The van der Waals surface area contributed by atoms with E-state index in [9.17, 15) is 9.59 Å². The number of nitrogens with zero attached hydrogens (tertiary/aromatic N) is 2. The quantitative estimate of drug-likeness (QED) is 0.156. The molecule has 0 radical (unpaired) electrons. The number of hydrogen-bond donors (Lipinski definition) is 0. The molecule has 0 atom stereocenters. The molecule has 6 nitrogen and oxygen atoms in total. The van der Waals surface area contributed by atoms with Crippen molar-refractivity contribution in [3.05, 3.63) is 86.3 Å². The van der Waals surface area contributed by atoms with Crippen LogP contribution in [0.4, 0.5) is 0 Å². The first-order valence-electron chi connectivity index (χ1n) is 15.4. The Morgan fingerprint density at radius 2 is 1.70 bits per heavy atom. The fraction of sp³-hybridized carbons (Fsp3) is 0.417. The standard InChI is InChI=1S/C36H41BrN2O4S/c1-23(2)25-10-13-27(14-11-25)42-28-15-12-26-19-32(38-31(30(26)20-28)18-24-8-6-7-9-24)35(41)39(21-29-16-17-33(37)44-29)22-34(40)43-36(3,4)5/h10-17,19-20,23-24H,6-9,18,21-22H2,1-5H3. The zero-order chi connectivity index (χ0) is 31.4. The Labute approximate surface area is 272 Å². The Bertz CT molecular complexity index is 1620. The first-order valence-corrected chi connectivity index (χ1v) is 17.0. The highest BCUT2D eigenvalue weighted by molar-refractivity contribution is 9.11. The highest BCUT2D eigenvalue weighted by Crippen LogP contribution is 2.33. The number of rotatable bonds is 10. The van der Waals surface area contributed by atoms with Crippen LogP contribution in [0, 0.1) is 5.92 Å². The Morgan fingerprint density at radius 1 is 1.00 bits per heavy atom. The van der Waals surface area contributed by atoms with E-state index in [0.717, 1.165) is 55.9 Å². The average Bonchev–Trinajstić information content (AvgIpc) is 3.63. The highest BCUT2D eigenvalue weighted by Gasteiger charge is 2.26. The summed E-state index contributed by atoms with van der Waals surface area (Å²) in [6.07, 6.45) is 5.58. The molecule has 44 heavy (non-hydrogen) atoms. The summed E-state index contributed by atoms with van der Waals surface area (Å²) in [5.41, 5.74) is 1.85. The summed E-state index contributed by atoms with van der Waals surface area (Å²) in [7, 11) is 0. The van der Waals surface area contributed by atoms with Crippen LogP contribution in [0.3, 0.4) is 0 Å². The smallest absolute Gasteiger partial charge is 0.326 e. The third-order valence-electron chi connectivity index (χ3n) is 7.84. The first-order chi connectivity index (χ1) is 20.9. The topological polar surface area (TPSA) is 68.7 Å². The lowest BCUT2D eigenvalue weighted by Crippen LogP contribution is -2.38. The second-order valence-corrected chi connectivity index (χ2v) is 15.5. The van der Waals surface area contributed by atoms with Crippen LogP contribution in [0.5, 0.6) is 11.5 Å². The van der Waals surface area contributed by atoms with Crippen molar-refractivity contribution in [1.82, 2.24) is 9.88 Å². The van der Waals surface area contributed by atoms with E-state index in [4.69, 9.17) is 14.5 Å². The summed E-state index contributed by atoms with van der Waals surface area (Å²) in [6, 6.07) is 19.9. The number of amides is 1. The molecule has 5 rings (SSSR count). The van der Waals surface area contributed by atoms with Gasteiger partial charge in [-0.1, -0.05) is 57.7 Å². The molecule has 232 valence electrons. The number of carbonyl (C=O) groups is 2. The van der Waals surface area contributed by atoms with Gasteiger partial charge in [-0.25, -0.2) is 4.98 Å². The molecule has 0 N–H and O–H groups in total. The SMILES string of the molecule is CC(C)c1ccc(Oc2ccc3cc(C(=O)N(CC(=O)OC(C)(C)C)Cc4ccc(Br)s4)nc(CC4CCCC4)c3c2)cc1. The molecule has 8 heteroatoms. The van der Waals surface area contributed by atoms with Crippen molar-refractivity contribution in [3.63, 3.8) is 0 Å². The van der Waals surface area contributed by atoms with Gasteiger partial charge in [-0.3, -0.25) is 9.59 Å². The summed E-state index contributed by atoms with van der Waals surface area (Å²) in [5, 5.41) is 1.92. The number of fused-ring (bicyclic) bond motifs is 1. The Balaban J connectivity index is 1.48. The predicted molar refractivity (Wildman–Crippen MR) is 181 cm³/mol. The molecule has 0 spiro atoms. The number of ether oxygens (including phenoxy) is 2. The Kier molecular flexibility index (Phi) is 10.1. The molecule has 1 fully saturated rings. The van der Waals surface area contributed by atoms with E-state index in [1.165, 1.54) is 34.6 Å². The number of pyridine rings is 1. The molecule has 0 saturated heterocycles. The maximum Gasteiger partial charge on any atom is 0.326 e. The molecule has 1 aliphatic carbocycles. The van der Waals surface area contributed by atoms with Crippen molar-refractivity contribution in [2.75, 3.05) is 6.54 Å². The number of aromatic nitrogens is 1. The van der Waals surface area contributed by atoms with Crippen LogP contribution in [-0.2, 0) is 22.5 Å². The van der Waals surface area contributed by atoms with Crippen LogP contribution >= 0.6 is 27.3 Å². The Hall–Kier alpha value is -3.23. The summed E-state index contributed by atoms with van der Waals surface area (Å²) in [5.74, 6) is 1.77. The fourth-order valence-electron chi connectivity index (χ4n) is 5.69.